The highest BCUT2D eigenvalue weighted by Gasteiger charge is 2.16. The van der Waals surface area contributed by atoms with E-state index in [-0.39, 0.29) is 0 Å². The van der Waals surface area contributed by atoms with Crippen molar-refractivity contribution in [3.05, 3.63) is 30.3 Å². The molecule has 0 spiro atoms. The van der Waals surface area contributed by atoms with Crippen molar-refractivity contribution in [1.82, 2.24) is 10.3 Å². The van der Waals surface area contributed by atoms with Crippen LogP contribution in [0.1, 0.15) is 12.8 Å². The molecule has 0 bridgehead atoms. The second-order valence-corrected chi connectivity index (χ2v) is 4.26. The molecule has 0 aliphatic heterocycles. The molecule has 0 radical (unpaired) electrons. The molecule has 2 rings (SSSR count). The van der Waals surface area contributed by atoms with E-state index >= 15 is 0 Å². The summed E-state index contributed by atoms with van der Waals surface area (Å²) in [5.41, 5.74) is 0.791. The Kier molecular flexibility index (Phi) is 5.01. The second kappa shape index (κ2) is 6.96. The van der Waals surface area contributed by atoms with Crippen LogP contribution >= 0.6 is 0 Å². The first kappa shape index (κ1) is 14.4. The van der Waals surface area contributed by atoms with E-state index < -0.39 is 0 Å². The summed E-state index contributed by atoms with van der Waals surface area (Å²) in [5.74, 6) is 2.78. The number of oxazole rings is 1. The Morgan fingerprint density at radius 3 is 2.50 bits per heavy atom. The molecule has 1 heterocycles. The monoisotopic (exact) mass is 276 g/mol. The standard InChI is InChI=1S/C15H20N2O3/c1-4-16-9-8-14-17-10-13(20-14)15-11(18-2)6-5-7-12(15)19-3/h5-7,10,16H,4,8-9H2,1-3H3. The van der Waals surface area contributed by atoms with Crippen LogP contribution in [0.4, 0.5) is 0 Å². The van der Waals surface area contributed by atoms with Gasteiger partial charge in [0.05, 0.1) is 20.4 Å². The lowest BCUT2D eigenvalue weighted by Crippen LogP contribution is -2.16. The van der Waals surface area contributed by atoms with Gasteiger partial charge in [-0.1, -0.05) is 13.0 Å². The normalized spacial score (nSPS) is 10.6. The molecule has 1 N–H and O–H groups in total. The Hall–Kier alpha value is -2.01. The molecule has 5 nitrogen and oxygen atoms in total. The van der Waals surface area contributed by atoms with Crippen LogP contribution in [0.3, 0.4) is 0 Å². The van der Waals surface area contributed by atoms with Crippen LogP contribution in [0.5, 0.6) is 11.5 Å². The van der Waals surface area contributed by atoms with E-state index in [0.717, 1.165) is 25.1 Å². The van der Waals surface area contributed by atoms with Crippen molar-refractivity contribution in [1.29, 1.82) is 0 Å². The predicted octanol–water partition coefficient (Wildman–Crippen LogP) is 2.51. The van der Waals surface area contributed by atoms with Gasteiger partial charge < -0.3 is 19.2 Å². The number of methoxy groups -OCH3 is 2. The van der Waals surface area contributed by atoms with Crippen LogP contribution in [0.15, 0.2) is 28.8 Å². The number of aromatic nitrogens is 1. The summed E-state index contributed by atoms with van der Waals surface area (Å²) >= 11 is 0. The Morgan fingerprint density at radius 2 is 1.90 bits per heavy atom. The lowest BCUT2D eigenvalue weighted by molar-refractivity contribution is 0.393. The lowest BCUT2D eigenvalue weighted by Gasteiger charge is -2.10. The number of rotatable bonds is 7. The number of nitrogens with zero attached hydrogens (tertiary/aromatic N) is 1. The average Bonchev–Trinajstić information content (AvgIpc) is 2.95. The van der Waals surface area contributed by atoms with Crippen molar-refractivity contribution in [2.75, 3.05) is 27.3 Å². The molecular formula is C15H20N2O3. The van der Waals surface area contributed by atoms with E-state index in [1.807, 2.05) is 18.2 Å². The average molecular weight is 276 g/mol. The Balaban J connectivity index is 2.27. The highest BCUT2D eigenvalue weighted by Crippen LogP contribution is 2.38. The van der Waals surface area contributed by atoms with Crippen LogP contribution < -0.4 is 14.8 Å². The number of likely N-dealkylation sites (N-methyl/N-ethyl adjacent to an activating group) is 1. The van der Waals surface area contributed by atoms with Crippen LogP contribution in [0, 0.1) is 0 Å². The molecule has 0 amide bonds. The second-order valence-electron chi connectivity index (χ2n) is 4.26. The van der Waals surface area contributed by atoms with Gasteiger partial charge in [-0.15, -0.1) is 0 Å². The lowest BCUT2D eigenvalue weighted by atomic mass is 10.1. The molecule has 0 saturated heterocycles. The molecule has 2 aromatic rings. The minimum Gasteiger partial charge on any atom is -0.496 e. The van der Waals surface area contributed by atoms with Crippen molar-refractivity contribution in [2.24, 2.45) is 0 Å². The molecule has 1 aromatic heterocycles. The van der Waals surface area contributed by atoms with Crippen molar-refractivity contribution >= 4 is 0 Å². The number of hydrogen-bond donors (Lipinski definition) is 1. The Bertz CT molecular complexity index is 530. The zero-order valence-electron chi connectivity index (χ0n) is 12.1. The molecular weight excluding hydrogens is 256 g/mol. The molecule has 0 aliphatic carbocycles. The van der Waals surface area contributed by atoms with Crippen molar-refractivity contribution in [2.45, 2.75) is 13.3 Å². The van der Waals surface area contributed by atoms with E-state index in [2.05, 4.69) is 17.2 Å². The topological polar surface area (TPSA) is 56.5 Å². The maximum Gasteiger partial charge on any atom is 0.196 e. The van der Waals surface area contributed by atoms with Gasteiger partial charge in [-0.2, -0.15) is 0 Å². The fraction of sp³-hybridized carbons (Fsp3) is 0.400. The quantitative estimate of drug-likeness (QED) is 0.787. The fourth-order valence-electron chi connectivity index (χ4n) is 2.01. The van der Waals surface area contributed by atoms with E-state index in [0.29, 0.717) is 23.1 Å². The van der Waals surface area contributed by atoms with E-state index in [1.165, 1.54) is 0 Å². The maximum atomic E-state index is 5.79. The van der Waals surface area contributed by atoms with Crippen molar-refractivity contribution in [3.8, 4) is 22.8 Å². The molecule has 1 aromatic carbocycles. The number of hydrogen-bond acceptors (Lipinski definition) is 5. The zero-order valence-corrected chi connectivity index (χ0v) is 12.1. The summed E-state index contributed by atoms with van der Waals surface area (Å²) < 4.78 is 16.5. The van der Waals surface area contributed by atoms with Gasteiger partial charge in [0.1, 0.15) is 17.1 Å². The van der Waals surface area contributed by atoms with Gasteiger partial charge in [-0.05, 0) is 18.7 Å². The zero-order chi connectivity index (χ0) is 14.4. The van der Waals surface area contributed by atoms with Crippen molar-refractivity contribution < 1.29 is 13.9 Å². The van der Waals surface area contributed by atoms with Gasteiger partial charge in [-0.3, -0.25) is 0 Å². The number of nitrogens with one attached hydrogen (secondary N) is 1. The first-order valence-corrected chi connectivity index (χ1v) is 6.67. The smallest absolute Gasteiger partial charge is 0.196 e. The largest absolute Gasteiger partial charge is 0.496 e. The minimum atomic E-state index is 0.658. The third kappa shape index (κ3) is 3.11. The van der Waals surface area contributed by atoms with Crippen molar-refractivity contribution in [3.63, 3.8) is 0 Å². The van der Waals surface area contributed by atoms with Gasteiger partial charge in [0.25, 0.3) is 0 Å². The third-order valence-corrected chi connectivity index (χ3v) is 2.99. The summed E-state index contributed by atoms with van der Waals surface area (Å²) in [5, 5.41) is 3.24. The van der Waals surface area contributed by atoms with Crippen LogP contribution in [0.2, 0.25) is 0 Å². The van der Waals surface area contributed by atoms with Crippen LogP contribution in [-0.2, 0) is 6.42 Å². The van der Waals surface area contributed by atoms with E-state index in [1.54, 1.807) is 20.4 Å². The van der Waals surface area contributed by atoms with Gasteiger partial charge in [0, 0.05) is 13.0 Å². The highest BCUT2D eigenvalue weighted by atomic mass is 16.5. The van der Waals surface area contributed by atoms with E-state index in [4.69, 9.17) is 13.9 Å². The molecule has 0 saturated carbocycles. The Morgan fingerprint density at radius 1 is 1.20 bits per heavy atom. The first-order valence-electron chi connectivity index (χ1n) is 6.67. The van der Waals surface area contributed by atoms with Crippen LogP contribution in [-0.4, -0.2) is 32.3 Å². The molecule has 0 aliphatic rings. The Labute approximate surface area is 118 Å². The first-order chi connectivity index (χ1) is 9.80. The minimum absolute atomic E-state index is 0.658. The summed E-state index contributed by atoms with van der Waals surface area (Å²) in [4.78, 5) is 4.30. The van der Waals surface area contributed by atoms with Gasteiger partial charge >= 0.3 is 0 Å². The summed E-state index contributed by atoms with van der Waals surface area (Å²) in [6, 6.07) is 5.63. The fourth-order valence-corrected chi connectivity index (χ4v) is 2.01. The third-order valence-electron chi connectivity index (χ3n) is 2.99. The molecule has 0 fully saturated rings. The highest BCUT2D eigenvalue weighted by molar-refractivity contribution is 5.72. The number of ether oxygens (including phenoxy) is 2. The van der Waals surface area contributed by atoms with Gasteiger partial charge in [0.2, 0.25) is 0 Å². The summed E-state index contributed by atoms with van der Waals surface area (Å²) in [6.45, 7) is 3.86. The van der Waals surface area contributed by atoms with Gasteiger partial charge in [0.15, 0.2) is 11.7 Å². The molecule has 0 unspecified atom stereocenters. The van der Waals surface area contributed by atoms with Gasteiger partial charge in [-0.25, -0.2) is 4.98 Å². The maximum absolute atomic E-state index is 5.79. The molecule has 108 valence electrons. The molecule has 5 heteroatoms. The summed E-state index contributed by atoms with van der Waals surface area (Å²) in [7, 11) is 3.25. The summed E-state index contributed by atoms with van der Waals surface area (Å²) in [6.07, 6.45) is 2.47. The van der Waals surface area contributed by atoms with E-state index in [9.17, 15) is 0 Å². The van der Waals surface area contributed by atoms with Crippen LogP contribution in [0.25, 0.3) is 11.3 Å². The molecule has 0 atom stereocenters. The number of benzene rings is 1. The predicted molar refractivity (Wildman–Crippen MR) is 77.3 cm³/mol. The SMILES string of the molecule is CCNCCc1ncc(-c2c(OC)cccc2OC)o1. The molecule has 20 heavy (non-hydrogen) atoms.